The molecule has 2 rings (SSSR count). The molecule has 1 aromatic rings. The van der Waals surface area contributed by atoms with Gasteiger partial charge in [-0.25, -0.2) is 0 Å². The van der Waals surface area contributed by atoms with E-state index in [0.29, 0.717) is 5.92 Å². The van der Waals surface area contributed by atoms with Gasteiger partial charge in [-0.15, -0.1) is 6.58 Å². The molecular weight excluding hydrogens is 228 g/mol. The molecule has 19 heavy (non-hydrogen) atoms. The van der Waals surface area contributed by atoms with E-state index < -0.39 is 0 Å². The Bertz CT molecular complexity index is 395. The van der Waals surface area contributed by atoms with Crippen molar-refractivity contribution in [2.45, 2.75) is 52.4 Å². The smallest absolute Gasteiger partial charge is 0.0220 e. The molecule has 1 atom stereocenters. The molecule has 1 unspecified atom stereocenters. The number of hydrogen-bond acceptors (Lipinski definition) is 0. The van der Waals surface area contributed by atoms with Gasteiger partial charge in [0.2, 0.25) is 0 Å². The van der Waals surface area contributed by atoms with Crippen LogP contribution in [0.5, 0.6) is 0 Å². The van der Waals surface area contributed by atoms with Crippen LogP contribution in [-0.4, -0.2) is 0 Å². The van der Waals surface area contributed by atoms with Gasteiger partial charge in [-0.05, 0) is 37.2 Å². The summed E-state index contributed by atoms with van der Waals surface area (Å²) in [7, 11) is 0. The highest BCUT2D eigenvalue weighted by atomic mass is 14.4. The van der Waals surface area contributed by atoms with E-state index >= 15 is 0 Å². The maximum Gasteiger partial charge on any atom is 0.0220 e. The first-order chi connectivity index (χ1) is 9.02. The Morgan fingerprint density at radius 3 is 2.21 bits per heavy atom. The minimum absolute atomic E-state index is 0.297. The van der Waals surface area contributed by atoms with E-state index in [4.69, 9.17) is 0 Å². The zero-order valence-corrected chi connectivity index (χ0v) is 12.8. The molecule has 104 valence electrons. The summed E-state index contributed by atoms with van der Waals surface area (Å²) < 4.78 is 0. The van der Waals surface area contributed by atoms with Crippen molar-refractivity contribution in [3.63, 3.8) is 0 Å². The lowest BCUT2D eigenvalue weighted by Crippen LogP contribution is -1.94. The van der Waals surface area contributed by atoms with Gasteiger partial charge in [0.25, 0.3) is 0 Å². The zero-order chi connectivity index (χ0) is 14.3. The third kappa shape index (κ3) is 5.46. The molecule has 0 amide bonds. The molecule has 0 saturated heterocycles. The maximum atomic E-state index is 3.93. The van der Waals surface area contributed by atoms with E-state index in [0.717, 1.165) is 11.0 Å². The molecule has 0 aromatic heterocycles. The van der Waals surface area contributed by atoms with Crippen molar-refractivity contribution in [2.75, 3.05) is 0 Å². The fourth-order valence-electron chi connectivity index (χ4n) is 2.35. The first kappa shape index (κ1) is 15.8. The second kappa shape index (κ2) is 7.33. The van der Waals surface area contributed by atoms with Crippen molar-refractivity contribution in [3.8, 4) is 0 Å². The van der Waals surface area contributed by atoms with Gasteiger partial charge in [0.05, 0.1) is 0 Å². The van der Waals surface area contributed by atoms with Crippen LogP contribution in [0.25, 0.3) is 0 Å². The zero-order valence-electron chi connectivity index (χ0n) is 12.8. The van der Waals surface area contributed by atoms with Crippen LogP contribution in [-0.2, 0) is 0 Å². The number of allylic oxidation sites excluding steroid dienone is 2. The normalized spacial score (nSPS) is 16.8. The van der Waals surface area contributed by atoms with E-state index in [2.05, 4.69) is 39.1 Å². The van der Waals surface area contributed by atoms with Gasteiger partial charge in [0, 0.05) is 5.92 Å². The van der Waals surface area contributed by atoms with E-state index in [1.54, 1.807) is 0 Å². The Morgan fingerprint density at radius 2 is 1.89 bits per heavy atom. The van der Waals surface area contributed by atoms with Crippen molar-refractivity contribution in [1.82, 2.24) is 0 Å². The summed E-state index contributed by atoms with van der Waals surface area (Å²) in [5.74, 6) is 0.297. The fourth-order valence-corrected chi connectivity index (χ4v) is 2.35. The summed E-state index contributed by atoms with van der Waals surface area (Å²) in [5.41, 5.74) is 3.20. The SMILES string of the molecule is C=CC(C(=C)C)c1ccccc1.CCCC1(C)CC1. The van der Waals surface area contributed by atoms with Crippen LogP contribution in [0.3, 0.4) is 0 Å². The Morgan fingerprint density at radius 1 is 1.32 bits per heavy atom. The summed E-state index contributed by atoms with van der Waals surface area (Å²) in [6.07, 6.45) is 7.73. The first-order valence-electron chi connectivity index (χ1n) is 7.35. The molecule has 0 nitrogen and oxygen atoms in total. The van der Waals surface area contributed by atoms with Crippen LogP contribution in [0, 0.1) is 5.41 Å². The van der Waals surface area contributed by atoms with Crippen LogP contribution in [0.15, 0.2) is 55.1 Å². The molecule has 0 aliphatic heterocycles. The van der Waals surface area contributed by atoms with E-state index in [1.807, 2.05) is 31.2 Å². The molecule has 0 radical (unpaired) electrons. The molecule has 1 fully saturated rings. The molecule has 0 N–H and O–H groups in total. The summed E-state index contributed by atoms with van der Waals surface area (Å²) in [4.78, 5) is 0. The predicted molar refractivity (Wildman–Crippen MR) is 86.4 cm³/mol. The molecule has 0 heterocycles. The molecule has 1 aromatic carbocycles. The molecule has 0 heteroatoms. The van der Waals surface area contributed by atoms with Gasteiger partial charge < -0.3 is 0 Å². The molecule has 0 spiro atoms. The highest BCUT2D eigenvalue weighted by Crippen LogP contribution is 2.48. The fraction of sp³-hybridized carbons (Fsp3) is 0.474. The van der Waals surface area contributed by atoms with Crippen LogP contribution in [0.2, 0.25) is 0 Å². The standard InChI is InChI=1S/C12H14.C7H14/c1-4-12(10(2)3)11-8-6-5-7-9-11;1-3-4-7(2)5-6-7/h4-9,12H,1-2H2,3H3;3-6H2,1-2H3. The average molecular weight is 256 g/mol. The molecule has 1 saturated carbocycles. The van der Waals surface area contributed by atoms with Gasteiger partial charge in [0.1, 0.15) is 0 Å². The van der Waals surface area contributed by atoms with Crippen molar-refractivity contribution in [2.24, 2.45) is 5.41 Å². The lowest BCUT2D eigenvalue weighted by Gasteiger charge is -2.11. The predicted octanol–water partition coefficient (Wildman–Crippen LogP) is 6.12. The van der Waals surface area contributed by atoms with Crippen molar-refractivity contribution in [1.29, 1.82) is 0 Å². The van der Waals surface area contributed by atoms with Gasteiger partial charge in [-0.2, -0.15) is 0 Å². The van der Waals surface area contributed by atoms with Crippen molar-refractivity contribution >= 4 is 0 Å². The quantitative estimate of drug-likeness (QED) is 0.557. The summed E-state index contributed by atoms with van der Waals surface area (Å²) in [6.45, 7) is 14.4. The number of rotatable bonds is 5. The largest absolute Gasteiger partial charge is 0.102 e. The third-order valence-electron chi connectivity index (χ3n) is 3.88. The monoisotopic (exact) mass is 256 g/mol. The molecular formula is C19H28. The van der Waals surface area contributed by atoms with E-state index in [9.17, 15) is 0 Å². The van der Waals surface area contributed by atoms with Crippen LogP contribution < -0.4 is 0 Å². The molecule has 1 aliphatic carbocycles. The second-order valence-corrected chi connectivity index (χ2v) is 6.03. The van der Waals surface area contributed by atoms with Gasteiger partial charge >= 0.3 is 0 Å². The summed E-state index contributed by atoms with van der Waals surface area (Å²) in [5, 5.41) is 0. The highest BCUT2D eigenvalue weighted by molar-refractivity contribution is 5.30. The number of hydrogen-bond donors (Lipinski definition) is 0. The topological polar surface area (TPSA) is 0 Å². The Balaban J connectivity index is 0.000000218. The Kier molecular flexibility index (Phi) is 6.08. The van der Waals surface area contributed by atoms with Gasteiger partial charge in [-0.3, -0.25) is 0 Å². The van der Waals surface area contributed by atoms with Crippen LogP contribution in [0.1, 0.15) is 57.9 Å². The Labute approximate surface area is 119 Å². The minimum atomic E-state index is 0.297. The van der Waals surface area contributed by atoms with Crippen LogP contribution >= 0.6 is 0 Å². The average Bonchev–Trinajstić information content (AvgIpc) is 3.10. The molecule has 1 aliphatic rings. The maximum absolute atomic E-state index is 3.93. The molecule has 0 bridgehead atoms. The summed E-state index contributed by atoms with van der Waals surface area (Å²) in [6, 6.07) is 10.3. The highest BCUT2D eigenvalue weighted by Gasteiger charge is 2.35. The van der Waals surface area contributed by atoms with E-state index in [1.165, 1.54) is 31.2 Å². The van der Waals surface area contributed by atoms with E-state index in [-0.39, 0.29) is 0 Å². The van der Waals surface area contributed by atoms with Crippen molar-refractivity contribution in [3.05, 3.63) is 60.7 Å². The second-order valence-electron chi connectivity index (χ2n) is 6.03. The van der Waals surface area contributed by atoms with Gasteiger partial charge in [-0.1, -0.05) is 68.8 Å². The summed E-state index contributed by atoms with van der Waals surface area (Å²) >= 11 is 0. The lowest BCUT2D eigenvalue weighted by molar-refractivity contribution is 0.510. The first-order valence-corrected chi connectivity index (χ1v) is 7.35. The van der Waals surface area contributed by atoms with Crippen LogP contribution in [0.4, 0.5) is 0 Å². The third-order valence-corrected chi connectivity index (χ3v) is 3.88. The van der Waals surface area contributed by atoms with Crippen molar-refractivity contribution < 1.29 is 0 Å². The Hall–Kier alpha value is -1.30. The van der Waals surface area contributed by atoms with Gasteiger partial charge in [0.15, 0.2) is 0 Å². The number of benzene rings is 1. The lowest BCUT2D eigenvalue weighted by atomic mass is 9.93. The minimum Gasteiger partial charge on any atom is -0.102 e.